The molecule has 1 aliphatic rings. The molecule has 1 aliphatic heterocycles. The Balaban J connectivity index is 1.21. The van der Waals surface area contributed by atoms with Crippen molar-refractivity contribution in [3.63, 3.8) is 0 Å². The number of nitrogens with zero attached hydrogens (tertiary/aromatic N) is 4. The number of aryl methyl sites for hydroxylation is 2. The van der Waals surface area contributed by atoms with Crippen LogP contribution in [0.3, 0.4) is 0 Å². The van der Waals surface area contributed by atoms with Gasteiger partial charge >= 0.3 is 12.2 Å². The zero-order valence-electron chi connectivity index (χ0n) is 24.0. The minimum atomic E-state index is -4.51. The van der Waals surface area contributed by atoms with Crippen molar-refractivity contribution in [3.8, 4) is 22.9 Å². The third-order valence-corrected chi connectivity index (χ3v) is 7.09. The molecule has 9 nitrogen and oxygen atoms in total. The number of urea groups is 1. The van der Waals surface area contributed by atoms with Gasteiger partial charge in [-0.25, -0.2) is 19.7 Å². The maximum Gasteiger partial charge on any atom is 0.416 e. The zero-order chi connectivity index (χ0) is 31.1. The van der Waals surface area contributed by atoms with Gasteiger partial charge in [0.15, 0.2) is 0 Å². The lowest BCUT2D eigenvalue weighted by molar-refractivity contribution is -0.137. The molecule has 1 saturated heterocycles. The van der Waals surface area contributed by atoms with Crippen LogP contribution in [0, 0.1) is 6.92 Å². The van der Waals surface area contributed by atoms with Crippen molar-refractivity contribution in [1.29, 1.82) is 0 Å². The van der Waals surface area contributed by atoms with Gasteiger partial charge in [0, 0.05) is 49.7 Å². The van der Waals surface area contributed by atoms with Crippen molar-refractivity contribution >= 4 is 23.3 Å². The van der Waals surface area contributed by atoms with Crippen LogP contribution in [0.15, 0.2) is 73.1 Å². The number of aromatic nitrogens is 3. The number of anilines is 2. The van der Waals surface area contributed by atoms with Crippen molar-refractivity contribution < 1.29 is 27.5 Å². The first-order valence-electron chi connectivity index (χ1n) is 14.2. The number of likely N-dealkylation sites (tertiary alicyclic amines) is 1. The van der Waals surface area contributed by atoms with Crippen molar-refractivity contribution in [3.05, 3.63) is 90.0 Å². The Bertz CT molecular complexity index is 1650. The van der Waals surface area contributed by atoms with E-state index in [1.54, 1.807) is 49.6 Å². The Morgan fingerprint density at radius 2 is 1.80 bits per heavy atom. The molecule has 44 heavy (non-hydrogen) atoms. The second kappa shape index (κ2) is 13.5. The van der Waals surface area contributed by atoms with Crippen LogP contribution in [0.25, 0.3) is 11.3 Å². The van der Waals surface area contributed by atoms with Crippen molar-refractivity contribution in [2.45, 2.75) is 45.2 Å². The summed E-state index contributed by atoms with van der Waals surface area (Å²) in [5.74, 6) is 1.77. The molecular weight excluding hydrogens is 573 g/mol. The van der Waals surface area contributed by atoms with Gasteiger partial charge in [-0.3, -0.25) is 4.79 Å². The van der Waals surface area contributed by atoms with Crippen LogP contribution in [-0.4, -0.2) is 44.9 Å². The van der Waals surface area contributed by atoms with E-state index in [1.807, 2.05) is 11.0 Å². The highest BCUT2D eigenvalue weighted by Gasteiger charge is 2.30. The van der Waals surface area contributed by atoms with Gasteiger partial charge in [0.1, 0.15) is 11.6 Å². The van der Waals surface area contributed by atoms with Gasteiger partial charge in [0.2, 0.25) is 11.8 Å². The van der Waals surface area contributed by atoms with Crippen LogP contribution in [0.5, 0.6) is 11.6 Å². The summed E-state index contributed by atoms with van der Waals surface area (Å²) >= 11 is 0. The smallest absolute Gasteiger partial charge is 0.416 e. The molecule has 228 valence electrons. The molecule has 0 atom stereocenters. The number of unbranched alkanes of at least 4 members (excludes halogenated alkanes) is 1. The monoisotopic (exact) mass is 604 g/mol. The van der Waals surface area contributed by atoms with Gasteiger partial charge in [-0.2, -0.15) is 13.2 Å². The van der Waals surface area contributed by atoms with E-state index in [1.165, 1.54) is 12.1 Å². The van der Waals surface area contributed by atoms with E-state index in [-0.39, 0.29) is 11.6 Å². The van der Waals surface area contributed by atoms with Crippen LogP contribution in [-0.2, 0) is 17.4 Å². The molecule has 3 amide bonds. The first kappa shape index (κ1) is 30.5. The lowest BCUT2D eigenvalue weighted by atomic mass is 10.1. The number of carbonyl (C=O) groups is 2. The van der Waals surface area contributed by atoms with E-state index < -0.39 is 17.8 Å². The fraction of sp³-hybridized carbons (Fsp3) is 0.281. The van der Waals surface area contributed by atoms with Crippen molar-refractivity contribution in [2.75, 3.05) is 23.7 Å². The highest BCUT2D eigenvalue weighted by Crippen LogP contribution is 2.33. The van der Waals surface area contributed by atoms with Crippen LogP contribution < -0.4 is 15.4 Å². The number of halogens is 3. The van der Waals surface area contributed by atoms with Crippen molar-refractivity contribution in [1.82, 2.24) is 19.9 Å². The summed E-state index contributed by atoms with van der Waals surface area (Å²) in [5.41, 5.74) is 1.62. The molecule has 12 heteroatoms. The molecule has 0 saturated carbocycles. The molecule has 3 heterocycles. The quantitative estimate of drug-likeness (QED) is 0.185. The highest BCUT2D eigenvalue weighted by molar-refractivity contribution is 5.99. The molecule has 0 bridgehead atoms. The first-order valence-corrected chi connectivity index (χ1v) is 14.2. The van der Waals surface area contributed by atoms with Crippen LogP contribution in [0.2, 0.25) is 0 Å². The Morgan fingerprint density at radius 3 is 2.55 bits per heavy atom. The molecule has 0 unspecified atom stereocenters. The predicted octanol–water partition coefficient (Wildman–Crippen LogP) is 7.25. The summed E-state index contributed by atoms with van der Waals surface area (Å²) in [7, 11) is 0. The van der Waals surface area contributed by atoms with Crippen LogP contribution in [0.1, 0.15) is 42.6 Å². The summed E-state index contributed by atoms with van der Waals surface area (Å²) in [6.45, 7) is 3.39. The van der Waals surface area contributed by atoms with Crippen LogP contribution in [0.4, 0.5) is 29.3 Å². The Morgan fingerprint density at radius 1 is 0.977 bits per heavy atom. The molecule has 1 fully saturated rings. The van der Waals surface area contributed by atoms with Gasteiger partial charge in [0.25, 0.3) is 0 Å². The Kier molecular flexibility index (Phi) is 9.37. The number of pyridine rings is 1. The van der Waals surface area contributed by atoms with Gasteiger partial charge in [-0.1, -0.05) is 6.07 Å². The molecule has 5 rings (SSSR count). The summed E-state index contributed by atoms with van der Waals surface area (Å²) in [4.78, 5) is 39.7. The highest BCUT2D eigenvalue weighted by atomic mass is 19.4. The van der Waals surface area contributed by atoms with Gasteiger partial charge in [-0.05, 0) is 86.3 Å². The number of nitrogens with one attached hydrogen (secondary N) is 2. The van der Waals surface area contributed by atoms with E-state index in [0.717, 1.165) is 44.5 Å². The molecule has 0 spiro atoms. The SMILES string of the molecule is Cc1cc(NC(=O)Nc2cccc(C(F)(F)F)c2)ccc1Oc1ncccc1-c1ccnc(CCCCN2CCCC2=O)n1. The molecule has 0 radical (unpaired) electrons. The average Bonchev–Trinajstić information content (AvgIpc) is 3.41. The minimum Gasteiger partial charge on any atom is -0.438 e. The summed E-state index contributed by atoms with van der Waals surface area (Å²) < 4.78 is 45.1. The first-order chi connectivity index (χ1) is 21.2. The number of amides is 3. The van der Waals surface area contributed by atoms with Crippen molar-refractivity contribution in [2.24, 2.45) is 0 Å². The van der Waals surface area contributed by atoms with Gasteiger partial charge in [-0.15, -0.1) is 0 Å². The van der Waals surface area contributed by atoms with E-state index in [0.29, 0.717) is 52.8 Å². The third kappa shape index (κ3) is 7.88. The molecule has 0 aliphatic carbocycles. The second-order valence-electron chi connectivity index (χ2n) is 10.4. The number of alkyl halides is 3. The minimum absolute atomic E-state index is 0.0168. The normalized spacial score (nSPS) is 13.2. The molecule has 4 aromatic rings. The largest absolute Gasteiger partial charge is 0.438 e. The zero-order valence-corrected chi connectivity index (χ0v) is 24.0. The predicted molar refractivity (Wildman–Crippen MR) is 159 cm³/mol. The number of ether oxygens (including phenoxy) is 1. The van der Waals surface area contributed by atoms with E-state index in [2.05, 4.69) is 20.6 Å². The lowest BCUT2D eigenvalue weighted by Gasteiger charge is -2.15. The summed E-state index contributed by atoms with van der Waals surface area (Å²) in [6, 6.07) is 14.1. The summed E-state index contributed by atoms with van der Waals surface area (Å²) in [6.07, 6.45) is 2.81. The van der Waals surface area contributed by atoms with E-state index in [9.17, 15) is 22.8 Å². The maximum absolute atomic E-state index is 13.0. The fourth-order valence-corrected chi connectivity index (χ4v) is 4.88. The maximum atomic E-state index is 13.0. The lowest BCUT2D eigenvalue weighted by Crippen LogP contribution is -2.25. The molecule has 2 N–H and O–H groups in total. The second-order valence-corrected chi connectivity index (χ2v) is 10.4. The molecular formula is C32H31F3N6O3. The fourth-order valence-electron chi connectivity index (χ4n) is 4.88. The number of benzene rings is 2. The number of rotatable bonds is 10. The Hall–Kier alpha value is -5.00. The summed E-state index contributed by atoms with van der Waals surface area (Å²) in [5, 5.41) is 5.04. The number of hydrogen-bond donors (Lipinski definition) is 2. The average molecular weight is 605 g/mol. The van der Waals surface area contributed by atoms with Crippen LogP contribution >= 0.6 is 0 Å². The topological polar surface area (TPSA) is 109 Å². The number of carbonyl (C=O) groups excluding carboxylic acids is 2. The third-order valence-electron chi connectivity index (χ3n) is 7.09. The molecule has 2 aromatic heterocycles. The standard InChI is InChI=1S/C32H31F3N6O3/c1-21-19-24(39-31(43)38-23-8-4-7-22(20-23)32(33,34)35)12-13-27(21)44-30-25(9-5-15-37-30)26-14-16-36-28(40-26)10-2-3-17-41-18-6-11-29(41)42/h4-5,7-9,12-16,19-20H,2-3,6,10-11,17-18H2,1H3,(H2,38,39,43). The van der Waals surface area contributed by atoms with Gasteiger partial charge < -0.3 is 20.3 Å². The molecule has 2 aromatic carbocycles. The Labute approximate surface area is 252 Å². The van der Waals surface area contributed by atoms with E-state index >= 15 is 0 Å². The van der Waals surface area contributed by atoms with Gasteiger partial charge in [0.05, 0.1) is 16.8 Å². The number of hydrogen-bond acceptors (Lipinski definition) is 6. The van der Waals surface area contributed by atoms with E-state index in [4.69, 9.17) is 9.72 Å².